The van der Waals surface area contributed by atoms with Gasteiger partial charge in [0.25, 0.3) is 5.91 Å². The van der Waals surface area contributed by atoms with E-state index in [0.717, 1.165) is 21.1 Å². The molecule has 4 rings (SSSR count). The lowest BCUT2D eigenvalue weighted by Gasteiger charge is -2.29. The van der Waals surface area contributed by atoms with Gasteiger partial charge in [-0.05, 0) is 30.3 Å². The van der Waals surface area contributed by atoms with Gasteiger partial charge in [0, 0.05) is 21.6 Å². The topological polar surface area (TPSA) is 67.4 Å². The van der Waals surface area contributed by atoms with Crippen molar-refractivity contribution in [2.24, 2.45) is 0 Å². The van der Waals surface area contributed by atoms with E-state index in [0.29, 0.717) is 30.4 Å². The molecule has 0 aliphatic carbocycles. The van der Waals surface area contributed by atoms with Gasteiger partial charge in [-0.3, -0.25) is 4.79 Å². The Kier molecular flexibility index (Phi) is 4.30. The summed E-state index contributed by atoms with van der Waals surface area (Å²) in [6.45, 7) is 4.49. The number of carbonyl (C=O) groups is 1. The number of ether oxygens (including phenoxy) is 1. The van der Waals surface area contributed by atoms with Crippen LogP contribution in [0.1, 0.15) is 0 Å². The van der Waals surface area contributed by atoms with Crippen molar-refractivity contribution in [2.75, 3.05) is 23.4 Å². The zero-order chi connectivity index (χ0) is 18.1. The van der Waals surface area contributed by atoms with E-state index in [1.807, 2.05) is 36.4 Å². The van der Waals surface area contributed by atoms with Crippen LogP contribution in [0.5, 0.6) is 5.75 Å². The molecule has 130 valence electrons. The Morgan fingerprint density at radius 1 is 1.31 bits per heavy atom. The Bertz CT molecular complexity index is 1020. The molecule has 1 aliphatic heterocycles. The van der Waals surface area contributed by atoms with Gasteiger partial charge in [-0.25, -0.2) is 9.97 Å². The van der Waals surface area contributed by atoms with E-state index in [4.69, 9.17) is 4.74 Å². The van der Waals surface area contributed by atoms with Gasteiger partial charge in [0.2, 0.25) is 0 Å². The number of carbonyl (C=O) groups excluding carboxylic acids is 1. The highest BCUT2D eigenvalue weighted by Crippen LogP contribution is 2.37. The Morgan fingerprint density at radius 2 is 2.19 bits per heavy atom. The molecule has 3 aromatic rings. The summed E-state index contributed by atoms with van der Waals surface area (Å²) >= 11 is 3.46. The van der Waals surface area contributed by atoms with Crippen LogP contribution in [0, 0.1) is 0 Å². The zero-order valence-corrected chi connectivity index (χ0v) is 15.4. The first kappa shape index (κ1) is 16.5. The first-order valence-corrected chi connectivity index (χ1v) is 8.83. The quantitative estimate of drug-likeness (QED) is 0.659. The maximum atomic E-state index is 12.2. The SMILES string of the molecule is C=CC(=O)N1CCOc2cc3ncnc(Nc4cccc(Br)c4)c3cc21. The molecule has 1 aliphatic rings. The smallest absolute Gasteiger partial charge is 0.250 e. The molecule has 7 heteroatoms. The van der Waals surface area contributed by atoms with Gasteiger partial charge in [0.1, 0.15) is 24.5 Å². The summed E-state index contributed by atoms with van der Waals surface area (Å²) in [5.74, 6) is 1.13. The first-order valence-electron chi connectivity index (χ1n) is 8.04. The zero-order valence-electron chi connectivity index (χ0n) is 13.8. The monoisotopic (exact) mass is 410 g/mol. The highest BCUT2D eigenvalue weighted by Gasteiger charge is 2.23. The molecule has 0 fully saturated rings. The van der Waals surface area contributed by atoms with E-state index in [-0.39, 0.29) is 5.91 Å². The fraction of sp³-hybridized carbons (Fsp3) is 0.105. The van der Waals surface area contributed by atoms with Crippen LogP contribution in [0.15, 0.2) is 59.9 Å². The summed E-state index contributed by atoms with van der Waals surface area (Å²) in [7, 11) is 0. The highest BCUT2D eigenvalue weighted by atomic mass is 79.9. The lowest BCUT2D eigenvalue weighted by molar-refractivity contribution is -0.114. The molecule has 0 saturated carbocycles. The van der Waals surface area contributed by atoms with Gasteiger partial charge in [-0.1, -0.05) is 28.6 Å². The summed E-state index contributed by atoms with van der Waals surface area (Å²) in [5, 5.41) is 4.11. The van der Waals surface area contributed by atoms with Crippen LogP contribution in [-0.4, -0.2) is 29.0 Å². The van der Waals surface area contributed by atoms with E-state index in [2.05, 4.69) is 37.8 Å². The van der Waals surface area contributed by atoms with Gasteiger partial charge >= 0.3 is 0 Å². The van der Waals surface area contributed by atoms with Crippen LogP contribution >= 0.6 is 15.9 Å². The predicted octanol–water partition coefficient (Wildman–Crippen LogP) is 4.05. The molecule has 1 N–H and O–H groups in total. The fourth-order valence-corrected chi connectivity index (χ4v) is 3.31. The Balaban J connectivity index is 1.82. The number of hydrogen-bond donors (Lipinski definition) is 1. The van der Waals surface area contributed by atoms with Gasteiger partial charge in [0.15, 0.2) is 0 Å². The van der Waals surface area contributed by atoms with Gasteiger partial charge in [0.05, 0.1) is 17.7 Å². The van der Waals surface area contributed by atoms with Crippen molar-refractivity contribution < 1.29 is 9.53 Å². The second-order valence-electron chi connectivity index (χ2n) is 5.74. The standard InChI is InChI=1S/C19H15BrN4O2/c1-2-18(25)24-6-7-26-17-10-15-14(9-16(17)24)19(22-11-21-15)23-13-5-3-4-12(20)8-13/h2-5,8-11H,1,6-7H2,(H,21,22,23). The number of nitrogens with zero attached hydrogens (tertiary/aromatic N) is 3. The minimum Gasteiger partial charge on any atom is -0.489 e. The third kappa shape index (κ3) is 3.01. The Labute approximate surface area is 158 Å². The summed E-state index contributed by atoms with van der Waals surface area (Å²) in [6, 6.07) is 11.5. The van der Waals surface area contributed by atoms with Gasteiger partial charge in [-0.2, -0.15) is 0 Å². The maximum Gasteiger partial charge on any atom is 0.250 e. The van der Waals surface area contributed by atoms with Crippen molar-refractivity contribution in [1.82, 2.24) is 9.97 Å². The lowest BCUT2D eigenvalue weighted by atomic mass is 10.1. The van der Waals surface area contributed by atoms with Crippen molar-refractivity contribution >= 4 is 49.9 Å². The number of nitrogens with one attached hydrogen (secondary N) is 1. The molecule has 2 aromatic carbocycles. The average Bonchev–Trinajstić information content (AvgIpc) is 2.66. The van der Waals surface area contributed by atoms with Crippen molar-refractivity contribution in [3.63, 3.8) is 0 Å². The molecule has 2 heterocycles. The van der Waals surface area contributed by atoms with Crippen LogP contribution in [0.25, 0.3) is 10.9 Å². The van der Waals surface area contributed by atoms with Crippen LogP contribution < -0.4 is 15.0 Å². The van der Waals surface area contributed by atoms with E-state index in [1.165, 1.54) is 12.4 Å². The van der Waals surface area contributed by atoms with Crippen molar-refractivity contribution in [3.05, 3.63) is 59.9 Å². The number of benzene rings is 2. The average molecular weight is 411 g/mol. The third-order valence-corrected chi connectivity index (χ3v) is 4.60. The molecule has 26 heavy (non-hydrogen) atoms. The Morgan fingerprint density at radius 3 is 3.00 bits per heavy atom. The molecule has 0 saturated heterocycles. The van der Waals surface area contributed by atoms with E-state index in [1.54, 1.807) is 4.90 Å². The number of fused-ring (bicyclic) bond motifs is 2. The molecule has 0 spiro atoms. The fourth-order valence-electron chi connectivity index (χ4n) is 2.91. The van der Waals surface area contributed by atoms with Crippen molar-refractivity contribution in [2.45, 2.75) is 0 Å². The second-order valence-corrected chi connectivity index (χ2v) is 6.65. The molecule has 0 radical (unpaired) electrons. The minimum absolute atomic E-state index is 0.160. The molecule has 0 atom stereocenters. The van der Waals surface area contributed by atoms with Crippen molar-refractivity contribution in [1.29, 1.82) is 0 Å². The number of rotatable bonds is 3. The van der Waals surface area contributed by atoms with Gasteiger partial charge in [-0.15, -0.1) is 0 Å². The molecule has 0 bridgehead atoms. The molecule has 1 aromatic heterocycles. The summed E-state index contributed by atoms with van der Waals surface area (Å²) < 4.78 is 6.68. The third-order valence-electron chi connectivity index (χ3n) is 4.11. The van der Waals surface area contributed by atoms with E-state index in [9.17, 15) is 4.79 Å². The molecular weight excluding hydrogens is 396 g/mol. The number of halogens is 1. The molecule has 6 nitrogen and oxygen atoms in total. The number of aromatic nitrogens is 2. The van der Waals surface area contributed by atoms with E-state index >= 15 is 0 Å². The normalized spacial score (nSPS) is 13.0. The largest absolute Gasteiger partial charge is 0.489 e. The minimum atomic E-state index is -0.160. The highest BCUT2D eigenvalue weighted by molar-refractivity contribution is 9.10. The maximum absolute atomic E-state index is 12.2. The summed E-state index contributed by atoms with van der Waals surface area (Å²) in [5.41, 5.74) is 2.33. The van der Waals surface area contributed by atoms with Crippen LogP contribution in [0.3, 0.4) is 0 Å². The van der Waals surface area contributed by atoms with Crippen molar-refractivity contribution in [3.8, 4) is 5.75 Å². The number of amides is 1. The van der Waals surface area contributed by atoms with E-state index < -0.39 is 0 Å². The molecular formula is C19H15BrN4O2. The summed E-state index contributed by atoms with van der Waals surface area (Å²) in [4.78, 5) is 22.5. The van der Waals surface area contributed by atoms with Crippen LogP contribution in [0.2, 0.25) is 0 Å². The number of hydrogen-bond acceptors (Lipinski definition) is 5. The Hall–Kier alpha value is -2.93. The second kappa shape index (κ2) is 6.76. The van der Waals surface area contributed by atoms with Crippen LogP contribution in [0.4, 0.5) is 17.2 Å². The summed E-state index contributed by atoms with van der Waals surface area (Å²) in [6.07, 6.45) is 2.81. The number of anilines is 3. The molecule has 1 amide bonds. The molecule has 0 unspecified atom stereocenters. The lowest BCUT2D eigenvalue weighted by Crippen LogP contribution is -2.36. The predicted molar refractivity (Wildman–Crippen MR) is 105 cm³/mol. The van der Waals surface area contributed by atoms with Gasteiger partial charge < -0.3 is 15.0 Å². The van der Waals surface area contributed by atoms with Crippen LogP contribution in [-0.2, 0) is 4.79 Å². The first-order chi connectivity index (χ1) is 12.7.